The van der Waals surface area contributed by atoms with Crippen LogP contribution in [0.15, 0.2) is 22.7 Å². The van der Waals surface area contributed by atoms with E-state index >= 15 is 0 Å². The van der Waals surface area contributed by atoms with Crippen molar-refractivity contribution in [2.24, 2.45) is 5.73 Å². The number of halogens is 1. The number of nitrogens with zero attached hydrogens (tertiary/aromatic N) is 1. The molecule has 19 heavy (non-hydrogen) atoms. The van der Waals surface area contributed by atoms with E-state index < -0.39 is 0 Å². The monoisotopic (exact) mass is 326 g/mol. The highest BCUT2D eigenvalue weighted by molar-refractivity contribution is 9.10. The summed E-state index contributed by atoms with van der Waals surface area (Å²) in [7, 11) is 0. The number of hydrogen-bond acceptors (Lipinski definition) is 3. The molecule has 0 amide bonds. The van der Waals surface area contributed by atoms with Crippen LogP contribution in [-0.4, -0.2) is 31.1 Å². The third-order valence-electron chi connectivity index (χ3n) is 3.59. The molecule has 1 aromatic rings. The lowest BCUT2D eigenvalue weighted by Gasteiger charge is -2.26. The van der Waals surface area contributed by atoms with Crippen molar-refractivity contribution in [2.45, 2.75) is 32.2 Å². The van der Waals surface area contributed by atoms with Gasteiger partial charge in [-0.1, -0.05) is 28.4 Å². The van der Waals surface area contributed by atoms with E-state index in [-0.39, 0.29) is 6.04 Å². The van der Waals surface area contributed by atoms with Gasteiger partial charge in [-0.2, -0.15) is 0 Å². The second kappa shape index (κ2) is 7.27. The first-order valence-electron chi connectivity index (χ1n) is 7.07. The third kappa shape index (κ3) is 4.48. The second-order valence-corrected chi connectivity index (χ2v) is 6.08. The molecule has 1 atom stereocenters. The summed E-state index contributed by atoms with van der Waals surface area (Å²) in [5.41, 5.74) is 7.00. The molecule has 1 aromatic carbocycles. The number of likely N-dealkylation sites (tertiary alicyclic amines) is 1. The summed E-state index contributed by atoms with van der Waals surface area (Å²) in [4.78, 5) is 2.48. The van der Waals surface area contributed by atoms with Crippen LogP contribution in [0.1, 0.15) is 37.8 Å². The van der Waals surface area contributed by atoms with Gasteiger partial charge in [-0.25, -0.2) is 0 Å². The van der Waals surface area contributed by atoms with Gasteiger partial charge >= 0.3 is 0 Å². The van der Waals surface area contributed by atoms with Crippen LogP contribution in [0.4, 0.5) is 0 Å². The molecule has 106 valence electrons. The summed E-state index contributed by atoms with van der Waals surface area (Å²) in [6, 6.07) is 6.08. The molecule has 1 heterocycles. The maximum atomic E-state index is 5.88. The van der Waals surface area contributed by atoms with Crippen molar-refractivity contribution in [1.82, 2.24) is 4.90 Å². The zero-order chi connectivity index (χ0) is 13.7. The van der Waals surface area contributed by atoms with E-state index in [1.807, 2.05) is 25.1 Å². The Labute approximate surface area is 124 Å². The standard InChI is InChI=1S/C15H23BrN2O/c1-12(17)14-6-5-13(11-15(14)16)19-10-9-18-7-3-2-4-8-18/h5-6,11-12H,2-4,7-10,17H2,1H3/t12-/m0/s1. The van der Waals surface area contributed by atoms with Crippen LogP contribution in [0.5, 0.6) is 5.75 Å². The molecule has 0 aromatic heterocycles. The molecule has 3 nitrogen and oxygen atoms in total. The van der Waals surface area contributed by atoms with Gasteiger partial charge < -0.3 is 10.5 Å². The first kappa shape index (κ1) is 14.8. The number of piperidine rings is 1. The second-order valence-electron chi connectivity index (χ2n) is 5.22. The quantitative estimate of drug-likeness (QED) is 0.901. The number of benzene rings is 1. The Balaban J connectivity index is 1.81. The van der Waals surface area contributed by atoms with E-state index in [0.717, 1.165) is 28.9 Å². The molecule has 2 N–H and O–H groups in total. The van der Waals surface area contributed by atoms with Gasteiger partial charge in [0.1, 0.15) is 12.4 Å². The molecule has 1 saturated heterocycles. The molecule has 1 aliphatic rings. The summed E-state index contributed by atoms with van der Waals surface area (Å²) in [5, 5.41) is 0. The largest absolute Gasteiger partial charge is 0.492 e. The van der Waals surface area contributed by atoms with Gasteiger partial charge in [-0.05, 0) is 50.6 Å². The first-order chi connectivity index (χ1) is 9.16. The van der Waals surface area contributed by atoms with Crippen molar-refractivity contribution in [3.05, 3.63) is 28.2 Å². The van der Waals surface area contributed by atoms with E-state index in [1.54, 1.807) is 0 Å². The van der Waals surface area contributed by atoms with Crippen molar-refractivity contribution in [2.75, 3.05) is 26.2 Å². The van der Waals surface area contributed by atoms with Gasteiger partial charge in [0.25, 0.3) is 0 Å². The van der Waals surface area contributed by atoms with Gasteiger partial charge in [0.15, 0.2) is 0 Å². The topological polar surface area (TPSA) is 38.5 Å². The smallest absolute Gasteiger partial charge is 0.120 e. The van der Waals surface area contributed by atoms with Gasteiger partial charge in [-0.3, -0.25) is 4.90 Å². The van der Waals surface area contributed by atoms with E-state index in [2.05, 4.69) is 20.8 Å². The van der Waals surface area contributed by atoms with Crippen LogP contribution in [0.3, 0.4) is 0 Å². The summed E-state index contributed by atoms with van der Waals surface area (Å²) >= 11 is 3.55. The van der Waals surface area contributed by atoms with Crippen LogP contribution in [0.25, 0.3) is 0 Å². The first-order valence-corrected chi connectivity index (χ1v) is 7.86. The van der Waals surface area contributed by atoms with E-state index in [4.69, 9.17) is 10.5 Å². The van der Waals surface area contributed by atoms with Crippen LogP contribution in [0, 0.1) is 0 Å². The van der Waals surface area contributed by atoms with Crippen molar-refractivity contribution in [3.8, 4) is 5.75 Å². The maximum Gasteiger partial charge on any atom is 0.120 e. The SMILES string of the molecule is C[C@H](N)c1ccc(OCCN2CCCCC2)cc1Br. The summed E-state index contributed by atoms with van der Waals surface area (Å²) in [5.74, 6) is 0.910. The predicted molar refractivity (Wildman–Crippen MR) is 82.5 cm³/mol. The summed E-state index contributed by atoms with van der Waals surface area (Å²) in [6.45, 7) is 6.20. The molecule has 0 radical (unpaired) electrons. The molecule has 0 aliphatic carbocycles. The Morgan fingerprint density at radius 2 is 2.05 bits per heavy atom. The molecule has 1 aliphatic heterocycles. The highest BCUT2D eigenvalue weighted by Gasteiger charge is 2.10. The molecule has 0 bridgehead atoms. The number of ether oxygens (including phenoxy) is 1. The Morgan fingerprint density at radius 1 is 1.32 bits per heavy atom. The van der Waals surface area contributed by atoms with Crippen LogP contribution < -0.4 is 10.5 Å². The average molecular weight is 327 g/mol. The fourth-order valence-electron chi connectivity index (χ4n) is 2.44. The minimum absolute atomic E-state index is 0.0387. The Hall–Kier alpha value is -0.580. The van der Waals surface area contributed by atoms with Gasteiger partial charge in [0.05, 0.1) is 0 Å². The number of rotatable bonds is 5. The van der Waals surface area contributed by atoms with Crippen LogP contribution >= 0.6 is 15.9 Å². The molecule has 4 heteroatoms. The van der Waals surface area contributed by atoms with E-state index in [9.17, 15) is 0 Å². The zero-order valence-corrected chi connectivity index (χ0v) is 13.2. The number of nitrogens with two attached hydrogens (primary N) is 1. The molecule has 0 spiro atoms. The van der Waals surface area contributed by atoms with Crippen molar-refractivity contribution >= 4 is 15.9 Å². The minimum atomic E-state index is 0.0387. The normalized spacial score (nSPS) is 18.3. The van der Waals surface area contributed by atoms with Gasteiger partial charge in [-0.15, -0.1) is 0 Å². The Morgan fingerprint density at radius 3 is 2.68 bits per heavy atom. The van der Waals surface area contributed by atoms with E-state index in [0.29, 0.717) is 0 Å². The Bertz CT molecular complexity index is 403. The predicted octanol–water partition coefficient (Wildman–Crippen LogP) is 3.33. The molecular weight excluding hydrogens is 304 g/mol. The Kier molecular flexibility index (Phi) is 5.67. The molecule has 0 unspecified atom stereocenters. The van der Waals surface area contributed by atoms with Gasteiger partial charge in [0.2, 0.25) is 0 Å². The van der Waals surface area contributed by atoms with Crippen molar-refractivity contribution in [1.29, 1.82) is 0 Å². The van der Waals surface area contributed by atoms with Crippen molar-refractivity contribution < 1.29 is 4.74 Å². The third-order valence-corrected chi connectivity index (χ3v) is 4.27. The molecular formula is C15H23BrN2O. The lowest BCUT2D eigenvalue weighted by molar-refractivity contribution is 0.183. The van der Waals surface area contributed by atoms with Crippen LogP contribution in [-0.2, 0) is 0 Å². The maximum absolute atomic E-state index is 5.88. The fraction of sp³-hybridized carbons (Fsp3) is 0.600. The highest BCUT2D eigenvalue weighted by atomic mass is 79.9. The molecule has 1 fully saturated rings. The summed E-state index contributed by atoms with van der Waals surface area (Å²) in [6.07, 6.45) is 4.03. The van der Waals surface area contributed by atoms with Crippen LogP contribution in [0.2, 0.25) is 0 Å². The minimum Gasteiger partial charge on any atom is -0.492 e. The lowest BCUT2D eigenvalue weighted by atomic mass is 10.1. The number of hydrogen-bond donors (Lipinski definition) is 1. The fourth-order valence-corrected chi connectivity index (χ4v) is 3.16. The van der Waals surface area contributed by atoms with Gasteiger partial charge in [0, 0.05) is 17.1 Å². The molecule has 0 saturated carbocycles. The lowest BCUT2D eigenvalue weighted by Crippen LogP contribution is -2.33. The summed E-state index contributed by atoms with van der Waals surface area (Å²) < 4.78 is 6.84. The zero-order valence-electron chi connectivity index (χ0n) is 11.6. The van der Waals surface area contributed by atoms with Crippen molar-refractivity contribution in [3.63, 3.8) is 0 Å². The molecule has 2 rings (SSSR count). The van der Waals surface area contributed by atoms with E-state index in [1.165, 1.54) is 32.4 Å². The highest BCUT2D eigenvalue weighted by Crippen LogP contribution is 2.26. The average Bonchev–Trinajstić information content (AvgIpc) is 2.39.